The van der Waals surface area contributed by atoms with E-state index in [0.717, 1.165) is 25.7 Å². The predicted octanol–water partition coefficient (Wildman–Crippen LogP) is 2.77. The Labute approximate surface area is 116 Å². The number of hydrogen-bond acceptors (Lipinski definition) is 5. The molecule has 0 amide bonds. The summed E-state index contributed by atoms with van der Waals surface area (Å²) in [6.07, 6.45) is 5.67. The fourth-order valence-electron chi connectivity index (χ4n) is 2.41. The molecular formula is C13H15ClN4O. The maximum absolute atomic E-state index is 6.07. The van der Waals surface area contributed by atoms with Crippen molar-refractivity contribution in [3.63, 3.8) is 0 Å². The number of rotatable bonds is 2. The predicted molar refractivity (Wildman–Crippen MR) is 71.7 cm³/mol. The lowest BCUT2D eigenvalue weighted by Gasteiger charge is -2.22. The second-order valence-corrected chi connectivity index (χ2v) is 5.31. The quantitative estimate of drug-likeness (QED) is 0.914. The molecule has 6 heteroatoms. The molecule has 2 aromatic rings. The number of halogens is 1. The highest BCUT2D eigenvalue weighted by Crippen LogP contribution is 2.32. The van der Waals surface area contributed by atoms with Crippen LogP contribution in [0.3, 0.4) is 0 Å². The van der Waals surface area contributed by atoms with Gasteiger partial charge in [-0.25, -0.2) is 0 Å². The van der Waals surface area contributed by atoms with Crippen molar-refractivity contribution in [2.24, 2.45) is 5.73 Å². The molecule has 1 aliphatic rings. The monoisotopic (exact) mass is 278 g/mol. The molecule has 2 heterocycles. The van der Waals surface area contributed by atoms with Crippen LogP contribution < -0.4 is 5.73 Å². The average Bonchev–Trinajstić information content (AvgIpc) is 2.89. The summed E-state index contributed by atoms with van der Waals surface area (Å²) in [6.45, 7) is 0. The van der Waals surface area contributed by atoms with Crippen molar-refractivity contribution < 1.29 is 4.52 Å². The summed E-state index contributed by atoms with van der Waals surface area (Å²) in [5, 5.41) is 4.51. The normalized spacial score (nSPS) is 23.5. The van der Waals surface area contributed by atoms with Gasteiger partial charge in [0.25, 0.3) is 0 Å². The third kappa shape index (κ3) is 2.62. The van der Waals surface area contributed by atoms with Gasteiger partial charge in [-0.2, -0.15) is 4.98 Å². The molecule has 1 aliphatic carbocycles. The molecule has 19 heavy (non-hydrogen) atoms. The van der Waals surface area contributed by atoms with Crippen LogP contribution in [0.5, 0.6) is 0 Å². The number of hydrogen-bond donors (Lipinski definition) is 1. The number of pyridine rings is 1. The smallest absolute Gasteiger partial charge is 0.230 e. The van der Waals surface area contributed by atoms with E-state index in [1.807, 2.05) is 0 Å². The van der Waals surface area contributed by atoms with E-state index in [9.17, 15) is 0 Å². The number of aromatic nitrogens is 3. The molecule has 0 aromatic carbocycles. The molecule has 5 nitrogen and oxygen atoms in total. The van der Waals surface area contributed by atoms with E-state index in [1.54, 1.807) is 18.3 Å². The van der Waals surface area contributed by atoms with Gasteiger partial charge in [0.05, 0.1) is 5.02 Å². The Kier molecular flexibility index (Phi) is 3.48. The Balaban J connectivity index is 1.82. The lowest BCUT2D eigenvalue weighted by molar-refractivity contribution is 0.301. The van der Waals surface area contributed by atoms with Gasteiger partial charge in [-0.1, -0.05) is 16.8 Å². The van der Waals surface area contributed by atoms with Crippen molar-refractivity contribution >= 4 is 11.6 Å². The van der Waals surface area contributed by atoms with Crippen molar-refractivity contribution in [3.8, 4) is 11.5 Å². The molecular weight excluding hydrogens is 264 g/mol. The minimum Gasteiger partial charge on any atom is -0.339 e. The standard InChI is InChI=1S/C13H15ClN4O/c14-10-2-1-7-16-11(10)12-17-13(19-18-12)8-3-5-9(15)6-4-8/h1-2,7-9H,3-6,15H2. The van der Waals surface area contributed by atoms with E-state index in [-0.39, 0.29) is 0 Å². The third-order valence-electron chi connectivity index (χ3n) is 3.53. The molecule has 2 N–H and O–H groups in total. The van der Waals surface area contributed by atoms with Crippen LogP contribution in [0.1, 0.15) is 37.5 Å². The fourth-order valence-corrected chi connectivity index (χ4v) is 2.62. The van der Waals surface area contributed by atoms with Gasteiger partial charge in [0.15, 0.2) is 0 Å². The molecule has 0 unspecified atom stereocenters. The molecule has 3 rings (SSSR count). The molecule has 0 saturated heterocycles. The zero-order chi connectivity index (χ0) is 13.2. The fraction of sp³-hybridized carbons (Fsp3) is 0.462. The molecule has 100 valence electrons. The first-order valence-electron chi connectivity index (χ1n) is 6.44. The number of nitrogens with two attached hydrogens (primary N) is 1. The van der Waals surface area contributed by atoms with Crippen molar-refractivity contribution in [1.29, 1.82) is 0 Å². The molecule has 0 spiro atoms. The maximum atomic E-state index is 6.07. The van der Waals surface area contributed by atoms with Crippen molar-refractivity contribution in [3.05, 3.63) is 29.2 Å². The lowest BCUT2D eigenvalue weighted by Crippen LogP contribution is -2.25. The zero-order valence-electron chi connectivity index (χ0n) is 10.4. The van der Waals surface area contributed by atoms with Gasteiger partial charge in [0, 0.05) is 18.2 Å². The zero-order valence-corrected chi connectivity index (χ0v) is 11.2. The van der Waals surface area contributed by atoms with Gasteiger partial charge in [0.2, 0.25) is 11.7 Å². The second kappa shape index (κ2) is 5.27. The second-order valence-electron chi connectivity index (χ2n) is 4.90. The Morgan fingerprint density at radius 1 is 1.26 bits per heavy atom. The van der Waals surface area contributed by atoms with E-state index in [0.29, 0.717) is 34.4 Å². The minimum atomic E-state index is 0.309. The van der Waals surface area contributed by atoms with E-state index >= 15 is 0 Å². The Morgan fingerprint density at radius 3 is 2.79 bits per heavy atom. The summed E-state index contributed by atoms with van der Waals surface area (Å²) < 4.78 is 5.35. The first-order valence-corrected chi connectivity index (χ1v) is 6.82. The summed E-state index contributed by atoms with van der Waals surface area (Å²) in [5.41, 5.74) is 6.46. The highest BCUT2D eigenvalue weighted by atomic mass is 35.5. The molecule has 1 fully saturated rings. The van der Waals surface area contributed by atoms with E-state index < -0.39 is 0 Å². The summed E-state index contributed by atoms with van der Waals surface area (Å²) >= 11 is 6.07. The van der Waals surface area contributed by atoms with Crippen LogP contribution >= 0.6 is 11.6 Å². The highest BCUT2D eigenvalue weighted by molar-refractivity contribution is 6.32. The molecule has 0 radical (unpaired) electrons. The Bertz CT molecular complexity index is 563. The van der Waals surface area contributed by atoms with Crippen LogP contribution in [0.25, 0.3) is 11.5 Å². The SMILES string of the molecule is NC1CCC(c2nc(-c3ncccc3Cl)no2)CC1. The van der Waals surface area contributed by atoms with E-state index in [4.69, 9.17) is 21.9 Å². The van der Waals surface area contributed by atoms with E-state index in [1.165, 1.54) is 0 Å². The van der Waals surface area contributed by atoms with Crippen LogP contribution in [0.2, 0.25) is 5.02 Å². The first kappa shape index (κ1) is 12.6. The summed E-state index contributed by atoms with van der Waals surface area (Å²) in [4.78, 5) is 8.61. The topological polar surface area (TPSA) is 77.8 Å². The van der Waals surface area contributed by atoms with Gasteiger partial charge < -0.3 is 10.3 Å². The van der Waals surface area contributed by atoms with Gasteiger partial charge in [0.1, 0.15) is 5.69 Å². The molecule has 2 aromatic heterocycles. The molecule has 0 aliphatic heterocycles. The maximum Gasteiger partial charge on any atom is 0.230 e. The van der Waals surface area contributed by atoms with Crippen LogP contribution in [-0.4, -0.2) is 21.2 Å². The van der Waals surface area contributed by atoms with Gasteiger partial charge in [-0.15, -0.1) is 0 Å². The average molecular weight is 279 g/mol. The molecule has 1 saturated carbocycles. The molecule has 0 bridgehead atoms. The van der Waals surface area contributed by atoms with Gasteiger partial charge >= 0.3 is 0 Å². The van der Waals surface area contributed by atoms with Crippen molar-refractivity contribution in [2.75, 3.05) is 0 Å². The summed E-state index contributed by atoms with van der Waals surface area (Å²) in [5.74, 6) is 1.43. The largest absolute Gasteiger partial charge is 0.339 e. The minimum absolute atomic E-state index is 0.309. The first-order chi connectivity index (χ1) is 9.24. The van der Waals surface area contributed by atoms with Crippen LogP contribution in [-0.2, 0) is 0 Å². The van der Waals surface area contributed by atoms with Gasteiger partial charge in [-0.05, 0) is 37.8 Å². The van der Waals surface area contributed by atoms with Crippen LogP contribution in [0.4, 0.5) is 0 Å². The summed E-state index contributed by atoms with van der Waals surface area (Å²) in [6, 6.07) is 3.85. The van der Waals surface area contributed by atoms with Gasteiger partial charge in [-0.3, -0.25) is 4.98 Å². The van der Waals surface area contributed by atoms with E-state index in [2.05, 4.69) is 15.1 Å². The molecule has 0 atom stereocenters. The Hall–Kier alpha value is -1.46. The number of nitrogens with zero attached hydrogens (tertiary/aromatic N) is 3. The Morgan fingerprint density at radius 2 is 2.05 bits per heavy atom. The highest BCUT2D eigenvalue weighted by Gasteiger charge is 2.25. The third-order valence-corrected chi connectivity index (χ3v) is 3.84. The van der Waals surface area contributed by atoms with Crippen molar-refractivity contribution in [2.45, 2.75) is 37.6 Å². The van der Waals surface area contributed by atoms with Crippen LogP contribution in [0.15, 0.2) is 22.9 Å². The van der Waals surface area contributed by atoms with Crippen molar-refractivity contribution in [1.82, 2.24) is 15.1 Å². The summed E-state index contributed by atoms with van der Waals surface area (Å²) in [7, 11) is 0. The lowest BCUT2D eigenvalue weighted by atomic mass is 9.86. The van der Waals surface area contributed by atoms with Crippen LogP contribution in [0, 0.1) is 0 Å².